The van der Waals surface area contributed by atoms with Gasteiger partial charge in [-0.25, -0.2) is 9.59 Å². The Labute approximate surface area is 205 Å². The van der Waals surface area contributed by atoms with Crippen LogP contribution < -0.4 is 21.7 Å². The molecule has 1 aromatic heterocycles. The zero-order valence-corrected chi connectivity index (χ0v) is 21.1. The lowest BCUT2D eigenvalue weighted by Gasteiger charge is -2.34. The number of carboxylic acid groups (broad SMARTS) is 1. The van der Waals surface area contributed by atoms with E-state index in [0.29, 0.717) is 0 Å². The lowest BCUT2D eigenvalue weighted by atomic mass is 9.83. The number of hydrogen-bond acceptors (Lipinski definition) is 7. The molecule has 0 saturated heterocycles. The summed E-state index contributed by atoms with van der Waals surface area (Å²) in [6, 6.07) is -0.792. The number of carboxylic acids is 1. The molecule has 11 nitrogen and oxygen atoms in total. The van der Waals surface area contributed by atoms with E-state index in [4.69, 9.17) is 10.5 Å². The molecule has 1 aliphatic carbocycles. The molecule has 1 atom stereocenters. The second-order valence-corrected chi connectivity index (χ2v) is 10.6. The van der Waals surface area contributed by atoms with Crippen LogP contribution in [0.3, 0.4) is 0 Å². The van der Waals surface area contributed by atoms with Crippen molar-refractivity contribution in [2.75, 3.05) is 11.1 Å². The number of nitrogens with one attached hydrogen (secondary N) is 3. The predicted octanol–water partition coefficient (Wildman–Crippen LogP) is 3.06. The van der Waals surface area contributed by atoms with Gasteiger partial charge in [0.2, 0.25) is 11.8 Å². The standard InChI is InChI=1S/C24H37N5O6/c1-23(2,3)35-22(34)28-19(14-9-7-6-8-10-14)20(31)29-24(4,5)11-17(30)27-16-13-26-12-15(18(16)25)21(32)33/h12-14,19H,6-11H2,1-5H3,(H2,25,26)(H,27,30)(H,28,34)(H,29,31)(H,32,33)/t19-/m0/s1. The van der Waals surface area contributed by atoms with Gasteiger partial charge in [0.25, 0.3) is 0 Å². The Morgan fingerprint density at radius 2 is 1.74 bits per heavy atom. The van der Waals surface area contributed by atoms with E-state index in [2.05, 4.69) is 20.9 Å². The second kappa shape index (κ2) is 11.4. The van der Waals surface area contributed by atoms with Gasteiger partial charge >= 0.3 is 12.1 Å². The summed E-state index contributed by atoms with van der Waals surface area (Å²) in [4.78, 5) is 53.4. The molecule has 11 heteroatoms. The average molecular weight is 492 g/mol. The fourth-order valence-corrected chi connectivity index (χ4v) is 4.09. The van der Waals surface area contributed by atoms with Crippen molar-refractivity contribution in [3.63, 3.8) is 0 Å². The monoisotopic (exact) mass is 491 g/mol. The van der Waals surface area contributed by atoms with Gasteiger partial charge in [0, 0.05) is 18.2 Å². The highest BCUT2D eigenvalue weighted by molar-refractivity contribution is 6.01. The Morgan fingerprint density at radius 1 is 1.11 bits per heavy atom. The number of alkyl carbamates (subject to hydrolysis) is 1. The van der Waals surface area contributed by atoms with Crippen LogP contribution in [-0.2, 0) is 14.3 Å². The lowest BCUT2D eigenvalue weighted by molar-refractivity contribution is -0.127. The summed E-state index contributed by atoms with van der Waals surface area (Å²) in [7, 11) is 0. The molecule has 0 aromatic carbocycles. The first-order valence-electron chi connectivity index (χ1n) is 11.8. The van der Waals surface area contributed by atoms with Gasteiger partial charge in [-0.2, -0.15) is 0 Å². The zero-order valence-electron chi connectivity index (χ0n) is 21.1. The van der Waals surface area contributed by atoms with Crippen LogP contribution in [0.4, 0.5) is 16.2 Å². The molecule has 3 amide bonds. The minimum atomic E-state index is -1.26. The first kappa shape index (κ1) is 27.9. The van der Waals surface area contributed by atoms with E-state index >= 15 is 0 Å². The van der Waals surface area contributed by atoms with E-state index in [0.717, 1.165) is 38.3 Å². The third-order valence-corrected chi connectivity index (χ3v) is 5.63. The molecule has 0 bridgehead atoms. The molecule has 1 saturated carbocycles. The predicted molar refractivity (Wildman–Crippen MR) is 131 cm³/mol. The van der Waals surface area contributed by atoms with Gasteiger partial charge in [0.05, 0.1) is 17.6 Å². The Kier molecular flexibility index (Phi) is 9.06. The van der Waals surface area contributed by atoms with Gasteiger partial charge in [-0.1, -0.05) is 19.3 Å². The number of aromatic nitrogens is 1. The lowest BCUT2D eigenvalue weighted by Crippen LogP contribution is -2.57. The van der Waals surface area contributed by atoms with Gasteiger partial charge in [-0.3, -0.25) is 14.6 Å². The van der Waals surface area contributed by atoms with E-state index in [9.17, 15) is 24.3 Å². The number of pyridine rings is 1. The van der Waals surface area contributed by atoms with Crippen LogP contribution in [0.1, 0.15) is 83.5 Å². The van der Waals surface area contributed by atoms with Crippen LogP contribution in [0.5, 0.6) is 0 Å². The molecule has 1 fully saturated rings. The van der Waals surface area contributed by atoms with Crippen LogP contribution in [0.25, 0.3) is 0 Å². The number of ether oxygens (including phenoxy) is 1. The maximum absolute atomic E-state index is 13.3. The molecule has 0 spiro atoms. The third-order valence-electron chi connectivity index (χ3n) is 5.63. The van der Waals surface area contributed by atoms with Crippen LogP contribution in [0.2, 0.25) is 0 Å². The van der Waals surface area contributed by atoms with Crippen molar-refractivity contribution in [2.45, 2.75) is 90.3 Å². The summed E-state index contributed by atoms with van der Waals surface area (Å²) in [5, 5.41) is 17.3. The highest BCUT2D eigenvalue weighted by atomic mass is 16.6. The highest BCUT2D eigenvalue weighted by Gasteiger charge is 2.35. The van der Waals surface area contributed by atoms with Gasteiger partial charge in [0.15, 0.2) is 0 Å². The molecule has 6 N–H and O–H groups in total. The van der Waals surface area contributed by atoms with Crippen molar-refractivity contribution in [3.8, 4) is 0 Å². The summed E-state index contributed by atoms with van der Waals surface area (Å²) in [6.45, 7) is 8.62. The number of rotatable bonds is 8. The van der Waals surface area contributed by atoms with Crippen LogP contribution in [0.15, 0.2) is 12.4 Å². The average Bonchev–Trinajstić information content (AvgIpc) is 2.71. The van der Waals surface area contributed by atoms with E-state index in [1.807, 2.05) is 0 Å². The molecule has 1 heterocycles. The SMILES string of the molecule is CC(C)(CC(=O)Nc1cncc(C(=O)O)c1N)NC(=O)[C@@H](NC(=O)OC(C)(C)C)C1CCCCC1. The Bertz CT molecular complexity index is 950. The number of anilines is 2. The van der Waals surface area contributed by atoms with Crippen molar-refractivity contribution >= 4 is 35.3 Å². The Hall–Kier alpha value is -3.37. The topological polar surface area (TPSA) is 173 Å². The fraction of sp³-hybridized carbons (Fsp3) is 0.625. The smallest absolute Gasteiger partial charge is 0.408 e. The number of amides is 3. The molecular weight excluding hydrogens is 454 g/mol. The summed E-state index contributed by atoms with van der Waals surface area (Å²) < 4.78 is 5.35. The van der Waals surface area contributed by atoms with E-state index in [-0.39, 0.29) is 29.3 Å². The molecule has 194 valence electrons. The molecular formula is C24H37N5O6. The van der Waals surface area contributed by atoms with Crippen LogP contribution >= 0.6 is 0 Å². The van der Waals surface area contributed by atoms with Crippen molar-refractivity contribution in [1.82, 2.24) is 15.6 Å². The molecule has 35 heavy (non-hydrogen) atoms. The molecule has 0 unspecified atom stereocenters. The fourth-order valence-electron chi connectivity index (χ4n) is 4.09. The number of aromatic carboxylic acids is 1. The largest absolute Gasteiger partial charge is 0.478 e. The summed E-state index contributed by atoms with van der Waals surface area (Å²) in [5.41, 5.74) is 3.89. The zero-order chi connectivity index (χ0) is 26.4. The van der Waals surface area contributed by atoms with Gasteiger partial charge < -0.3 is 31.5 Å². The van der Waals surface area contributed by atoms with Crippen LogP contribution in [0, 0.1) is 5.92 Å². The number of nitrogens with two attached hydrogens (primary N) is 1. The Balaban J connectivity index is 2.08. The minimum Gasteiger partial charge on any atom is -0.478 e. The van der Waals surface area contributed by atoms with Crippen molar-refractivity contribution < 1.29 is 29.0 Å². The van der Waals surface area contributed by atoms with Crippen molar-refractivity contribution in [3.05, 3.63) is 18.0 Å². The number of nitrogen functional groups attached to an aromatic ring is 1. The third kappa shape index (κ3) is 8.73. The van der Waals surface area contributed by atoms with Gasteiger partial charge in [-0.15, -0.1) is 0 Å². The van der Waals surface area contributed by atoms with Gasteiger partial charge in [-0.05, 0) is 53.4 Å². The van der Waals surface area contributed by atoms with E-state index in [1.165, 1.54) is 6.20 Å². The molecule has 2 rings (SSSR count). The van der Waals surface area contributed by atoms with Crippen molar-refractivity contribution in [2.24, 2.45) is 5.92 Å². The van der Waals surface area contributed by atoms with Crippen molar-refractivity contribution in [1.29, 1.82) is 0 Å². The minimum absolute atomic E-state index is 0.0365. The first-order chi connectivity index (χ1) is 16.2. The maximum Gasteiger partial charge on any atom is 0.408 e. The summed E-state index contributed by atoms with van der Waals surface area (Å²) in [5.74, 6) is -2.18. The van der Waals surface area contributed by atoms with Gasteiger partial charge in [0.1, 0.15) is 17.2 Å². The molecule has 1 aliphatic rings. The number of hydrogen-bond donors (Lipinski definition) is 5. The number of nitrogens with zero attached hydrogens (tertiary/aromatic N) is 1. The number of carbonyl (C=O) groups excluding carboxylic acids is 3. The van der Waals surface area contributed by atoms with E-state index in [1.54, 1.807) is 34.6 Å². The normalized spacial score (nSPS) is 15.6. The van der Waals surface area contributed by atoms with E-state index < -0.39 is 41.1 Å². The van der Waals surface area contributed by atoms with Crippen LogP contribution in [-0.4, -0.2) is 51.1 Å². The first-order valence-corrected chi connectivity index (χ1v) is 11.8. The quantitative estimate of drug-likeness (QED) is 0.369. The summed E-state index contributed by atoms with van der Waals surface area (Å²) in [6.07, 6.45) is 6.21. The summed E-state index contributed by atoms with van der Waals surface area (Å²) >= 11 is 0. The Morgan fingerprint density at radius 3 is 2.31 bits per heavy atom. The molecule has 0 radical (unpaired) electrons. The molecule has 1 aromatic rings. The highest BCUT2D eigenvalue weighted by Crippen LogP contribution is 2.28. The maximum atomic E-state index is 13.3. The number of carbonyl (C=O) groups is 4. The second-order valence-electron chi connectivity index (χ2n) is 10.6. The molecule has 0 aliphatic heterocycles.